The van der Waals surface area contributed by atoms with Crippen molar-refractivity contribution in [2.75, 3.05) is 24.5 Å². The number of nitrogens with two attached hydrogens (primary N) is 1. The summed E-state index contributed by atoms with van der Waals surface area (Å²) in [5.41, 5.74) is 6.17. The first-order valence-corrected chi connectivity index (χ1v) is 6.05. The first kappa shape index (κ1) is 12.6. The molecule has 0 aliphatic carbocycles. The molecule has 3 N–H and O–H groups in total. The summed E-state index contributed by atoms with van der Waals surface area (Å²) in [6, 6.07) is 9.40. The summed E-state index contributed by atoms with van der Waals surface area (Å²) in [4.78, 5) is 25.3. The van der Waals surface area contributed by atoms with Crippen LogP contribution in [0.25, 0.3) is 0 Å². The summed E-state index contributed by atoms with van der Waals surface area (Å²) in [5.74, 6) is -0.370. The number of carbonyl (C=O) groups is 2. The van der Waals surface area contributed by atoms with Crippen molar-refractivity contribution in [2.45, 2.75) is 6.42 Å². The predicted octanol–water partition coefficient (Wildman–Crippen LogP) is 0.114. The van der Waals surface area contributed by atoms with Crippen LogP contribution in [0.5, 0.6) is 0 Å². The molecule has 5 heteroatoms. The Bertz CT molecular complexity index is 433. The van der Waals surface area contributed by atoms with Gasteiger partial charge in [-0.15, -0.1) is 0 Å². The number of hydrogen-bond donors (Lipinski definition) is 2. The molecule has 0 bridgehead atoms. The van der Waals surface area contributed by atoms with Crippen LogP contribution in [0, 0.1) is 5.92 Å². The molecule has 1 heterocycles. The molecule has 5 nitrogen and oxygen atoms in total. The molecule has 1 fully saturated rings. The predicted molar refractivity (Wildman–Crippen MR) is 69.0 cm³/mol. The Morgan fingerprint density at radius 2 is 2.11 bits per heavy atom. The van der Waals surface area contributed by atoms with E-state index in [1.165, 1.54) is 0 Å². The normalized spacial score (nSPS) is 19.1. The van der Waals surface area contributed by atoms with Crippen molar-refractivity contribution in [3.05, 3.63) is 30.3 Å². The van der Waals surface area contributed by atoms with Crippen molar-refractivity contribution >= 4 is 17.5 Å². The molecule has 1 aliphatic heterocycles. The third kappa shape index (κ3) is 2.68. The number of rotatable bonds is 4. The summed E-state index contributed by atoms with van der Waals surface area (Å²) >= 11 is 0. The third-order valence-corrected chi connectivity index (χ3v) is 3.01. The summed E-state index contributed by atoms with van der Waals surface area (Å²) in [7, 11) is 0. The zero-order valence-electron chi connectivity index (χ0n) is 10.1. The van der Waals surface area contributed by atoms with Crippen LogP contribution in [0.4, 0.5) is 5.69 Å². The van der Waals surface area contributed by atoms with E-state index in [1.807, 2.05) is 30.3 Å². The van der Waals surface area contributed by atoms with Gasteiger partial charge in [0.25, 0.3) is 0 Å². The Labute approximate surface area is 106 Å². The van der Waals surface area contributed by atoms with E-state index in [9.17, 15) is 9.59 Å². The Hall–Kier alpha value is -1.88. The smallest absolute Gasteiger partial charge is 0.227 e. The van der Waals surface area contributed by atoms with E-state index in [0.29, 0.717) is 19.6 Å². The molecular weight excluding hydrogens is 230 g/mol. The van der Waals surface area contributed by atoms with Crippen molar-refractivity contribution in [1.82, 2.24) is 5.32 Å². The number of amides is 2. The largest absolute Gasteiger partial charge is 0.355 e. The van der Waals surface area contributed by atoms with Gasteiger partial charge in [0.2, 0.25) is 11.8 Å². The summed E-state index contributed by atoms with van der Waals surface area (Å²) in [6.45, 7) is 1.31. The molecule has 1 aromatic carbocycles. The van der Waals surface area contributed by atoms with E-state index >= 15 is 0 Å². The molecule has 18 heavy (non-hydrogen) atoms. The molecule has 0 saturated carbocycles. The molecule has 96 valence electrons. The number of hydrogen-bond acceptors (Lipinski definition) is 3. The van der Waals surface area contributed by atoms with Gasteiger partial charge in [-0.1, -0.05) is 18.2 Å². The summed E-state index contributed by atoms with van der Waals surface area (Å²) in [5, 5.41) is 2.72. The van der Waals surface area contributed by atoms with Crippen LogP contribution in [0.2, 0.25) is 0 Å². The average Bonchev–Trinajstić information content (AvgIpc) is 2.79. The quantitative estimate of drug-likeness (QED) is 0.793. The maximum absolute atomic E-state index is 11.9. The van der Waals surface area contributed by atoms with E-state index in [2.05, 4.69) is 5.32 Å². The number of nitrogens with zero attached hydrogens (tertiary/aromatic N) is 1. The number of carbonyl (C=O) groups excluding carboxylic acids is 2. The standard InChI is InChI=1S/C13H17N3O2/c14-6-7-15-13(18)10-8-12(17)16(9-10)11-4-2-1-3-5-11/h1-5,10H,6-9,14H2,(H,15,18)/t10-/m1/s1. The van der Waals surface area contributed by atoms with Crippen LogP contribution in [0.15, 0.2) is 30.3 Å². The van der Waals surface area contributed by atoms with E-state index in [0.717, 1.165) is 5.69 Å². The van der Waals surface area contributed by atoms with Crippen molar-refractivity contribution < 1.29 is 9.59 Å². The van der Waals surface area contributed by atoms with Gasteiger partial charge in [-0.05, 0) is 12.1 Å². The Morgan fingerprint density at radius 1 is 1.39 bits per heavy atom. The fourth-order valence-electron chi connectivity index (χ4n) is 2.08. The van der Waals surface area contributed by atoms with E-state index in [-0.39, 0.29) is 24.2 Å². The molecule has 0 radical (unpaired) electrons. The monoisotopic (exact) mass is 247 g/mol. The highest BCUT2D eigenvalue weighted by molar-refractivity contribution is 6.00. The summed E-state index contributed by atoms with van der Waals surface area (Å²) in [6.07, 6.45) is 0.269. The zero-order valence-corrected chi connectivity index (χ0v) is 10.1. The van der Waals surface area contributed by atoms with Gasteiger partial charge in [0.1, 0.15) is 0 Å². The Morgan fingerprint density at radius 3 is 2.78 bits per heavy atom. The van der Waals surface area contributed by atoms with Crippen molar-refractivity contribution in [3.63, 3.8) is 0 Å². The molecule has 0 aromatic heterocycles. The van der Waals surface area contributed by atoms with Gasteiger partial charge in [0.15, 0.2) is 0 Å². The van der Waals surface area contributed by atoms with Gasteiger partial charge in [0.05, 0.1) is 5.92 Å². The van der Waals surface area contributed by atoms with Crippen LogP contribution >= 0.6 is 0 Å². The molecule has 1 aliphatic rings. The van der Waals surface area contributed by atoms with Crippen molar-refractivity contribution in [2.24, 2.45) is 11.7 Å². The fourth-order valence-corrected chi connectivity index (χ4v) is 2.08. The lowest BCUT2D eigenvalue weighted by Crippen LogP contribution is -2.35. The molecule has 0 spiro atoms. The highest BCUT2D eigenvalue weighted by Crippen LogP contribution is 2.24. The summed E-state index contributed by atoms with van der Waals surface area (Å²) < 4.78 is 0. The lowest BCUT2D eigenvalue weighted by Gasteiger charge is -2.16. The second kappa shape index (κ2) is 5.64. The van der Waals surface area contributed by atoms with Crippen LogP contribution in [0.1, 0.15) is 6.42 Å². The second-order valence-electron chi connectivity index (χ2n) is 4.32. The van der Waals surface area contributed by atoms with Gasteiger partial charge >= 0.3 is 0 Å². The van der Waals surface area contributed by atoms with Crippen LogP contribution in [-0.4, -0.2) is 31.4 Å². The minimum Gasteiger partial charge on any atom is -0.355 e. The minimum absolute atomic E-state index is 0.00546. The first-order chi connectivity index (χ1) is 8.72. The Kier molecular flexibility index (Phi) is 3.94. The molecule has 1 saturated heterocycles. The molecule has 1 atom stereocenters. The topological polar surface area (TPSA) is 75.4 Å². The van der Waals surface area contributed by atoms with Gasteiger partial charge in [0, 0.05) is 31.7 Å². The SMILES string of the molecule is NCCNC(=O)[C@@H]1CC(=O)N(c2ccccc2)C1. The first-order valence-electron chi connectivity index (χ1n) is 6.05. The van der Waals surface area contributed by atoms with E-state index < -0.39 is 0 Å². The fraction of sp³-hybridized carbons (Fsp3) is 0.385. The number of nitrogens with one attached hydrogen (secondary N) is 1. The molecule has 2 amide bonds. The van der Waals surface area contributed by atoms with Gasteiger partial charge in [-0.2, -0.15) is 0 Å². The maximum Gasteiger partial charge on any atom is 0.227 e. The van der Waals surface area contributed by atoms with E-state index in [1.54, 1.807) is 4.90 Å². The third-order valence-electron chi connectivity index (χ3n) is 3.01. The lowest BCUT2D eigenvalue weighted by molar-refractivity contribution is -0.126. The van der Waals surface area contributed by atoms with Gasteiger partial charge < -0.3 is 16.0 Å². The maximum atomic E-state index is 11.9. The van der Waals surface area contributed by atoms with Gasteiger partial charge in [-0.25, -0.2) is 0 Å². The molecular formula is C13H17N3O2. The van der Waals surface area contributed by atoms with Crippen LogP contribution < -0.4 is 16.0 Å². The number of para-hydroxylation sites is 1. The lowest BCUT2D eigenvalue weighted by atomic mass is 10.1. The Balaban J connectivity index is 2.01. The average molecular weight is 247 g/mol. The molecule has 1 aromatic rings. The van der Waals surface area contributed by atoms with Crippen molar-refractivity contribution in [3.8, 4) is 0 Å². The molecule has 2 rings (SSSR count). The van der Waals surface area contributed by atoms with Gasteiger partial charge in [-0.3, -0.25) is 9.59 Å². The zero-order chi connectivity index (χ0) is 13.0. The number of benzene rings is 1. The molecule has 0 unspecified atom stereocenters. The van der Waals surface area contributed by atoms with Crippen LogP contribution in [-0.2, 0) is 9.59 Å². The van der Waals surface area contributed by atoms with E-state index in [4.69, 9.17) is 5.73 Å². The highest BCUT2D eigenvalue weighted by Gasteiger charge is 2.34. The van der Waals surface area contributed by atoms with Crippen LogP contribution in [0.3, 0.4) is 0 Å². The number of anilines is 1. The second-order valence-corrected chi connectivity index (χ2v) is 4.32. The van der Waals surface area contributed by atoms with Crippen molar-refractivity contribution in [1.29, 1.82) is 0 Å². The highest BCUT2D eigenvalue weighted by atomic mass is 16.2. The minimum atomic E-state index is -0.274.